The number of alkyl halides is 3. The number of alkyl carbamates (subject to hydrolysis) is 1. The smallest absolute Gasteiger partial charge is 0.452 e. The first-order valence-corrected chi connectivity index (χ1v) is 19.1. The maximum absolute atomic E-state index is 14.4. The number of carbonyl (C=O) groups is 5. The van der Waals surface area contributed by atoms with Crippen molar-refractivity contribution in [1.82, 2.24) is 21.3 Å². The first-order chi connectivity index (χ1) is 26.7. The fourth-order valence-corrected chi connectivity index (χ4v) is 6.48. The minimum Gasteiger partial charge on any atom is -0.497 e. The van der Waals surface area contributed by atoms with Gasteiger partial charge in [-0.1, -0.05) is 80.4 Å². The Bertz CT molecular complexity index is 1860. The quantitative estimate of drug-likeness (QED) is 0.120. The molecule has 0 aliphatic heterocycles. The molecule has 0 heterocycles. The Labute approximate surface area is 335 Å². The van der Waals surface area contributed by atoms with Crippen LogP contribution in [-0.2, 0) is 36.9 Å². The highest BCUT2D eigenvalue weighted by molar-refractivity contribution is 6.30. The van der Waals surface area contributed by atoms with Gasteiger partial charge < -0.3 is 30.7 Å². The molecule has 57 heavy (non-hydrogen) atoms. The van der Waals surface area contributed by atoms with Crippen LogP contribution in [0.1, 0.15) is 88.1 Å². The van der Waals surface area contributed by atoms with E-state index in [1.165, 1.54) is 45.2 Å². The molecule has 4 unspecified atom stereocenters. The van der Waals surface area contributed by atoms with Gasteiger partial charge in [0.2, 0.25) is 17.7 Å². The summed E-state index contributed by atoms with van der Waals surface area (Å²) in [7, 11) is 1.43. The van der Waals surface area contributed by atoms with E-state index in [-0.39, 0.29) is 24.4 Å². The lowest BCUT2D eigenvalue weighted by Gasteiger charge is -2.34. The largest absolute Gasteiger partial charge is 0.497 e. The van der Waals surface area contributed by atoms with Gasteiger partial charge in [-0.05, 0) is 92.0 Å². The van der Waals surface area contributed by atoms with Crippen molar-refractivity contribution in [3.63, 3.8) is 0 Å². The summed E-state index contributed by atoms with van der Waals surface area (Å²) < 4.78 is 51.2. The number of rotatable bonds is 16. The summed E-state index contributed by atoms with van der Waals surface area (Å²) in [4.78, 5) is 67.0. The molecule has 4 N–H and O–H groups in total. The van der Waals surface area contributed by atoms with Crippen molar-refractivity contribution >= 4 is 41.2 Å². The van der Waals surface area contributed by atoms with Crippen molar-refractivity contribution in [3.8, 4) is 5.75 Å². The molecule has 308 valence electrons. The van der Waals surface area contributed by atoms with Crippen molar-refractivity contribution in [2.45, 2.75) is 103 Å². The molecule has 15 heteroatoms. The van der Waals surface area contributed by atoms with Gasteiger partial charge in [-0.15, -0.1) is 0 Å². The number of methoxy groups -OCH3 is 1. The predicted octanol–water partition coefficient (Wildman–Crippen LogP) is 7.11. The molecule has 1 aliphatic rings. The highest BCUT2D eigenvalue weighted by Gasteiger charge is 2.46. The Kier molecular flexibility index (Phi) is 15.1. The summed E-state index contributed by atoms with van der Waals surface area (Å²) in [6, 6.07) is 15.0. The molecular formula is C42H50ClF3N4O7. The summed E-state index contributed by atoms with van der Waals surface area (Å²) >= 11 is 6.15. The van der Waals surface area contributed by atoms with Crippen molar-refractivity contribution in [2.75, 3.05) is 7.11 Å². The van der Waals surface area contributed by atoms with Crippen molar-refractivity contribution < 1.29 is 46.6 Å². The molecular weight excluding hydrogens is 765 g/mol. The molecule has 3 aromatic carbocycles. The molecule has 4 atom stereocenters. The fraction of sp³-hybridized carbons (Fsp3) is 0.452. The van der Waals surface area contributed by atoms with Gasteiger partial charge in [0.05, 0.1) is 19.1 Å². The molecule has 0 radical (unpaired) electrons. The van der Waals surface area contributed by atoms with Crippen molar-refractivity contribution in [1.29, 1.82) is 0 Å². The topological polar surface area (TPSA) is 152 Å². The first-order valence-electron chi connectivity index (χ1n) is 18.7. The molecule has 0 bridgehead atoms. The molecule has 0 aromatic heterocycles. The Morgan fingerprint density at radius 2 is 1.35 bits per heavy atom. The van der Waals surface area contributed by atoms with Gasteiger partial charge in [0.15, 0.2) is 0 Å². The summed E-state index contributed by atoms with van der Waals surface area (Å²) in [5, 5.41) is 10.9. The highest BCUT2D eigenvalue weighted by Crippen LogP contribution is 2.40. The zero-order valence-electron chi connectivity index (χ0n) is 32.8. The number of nitrogens with one attached hydrogen (secondary N) is 4. The SMILES string of the molecule is COc1ccc(C(NC(=O)C(Cc2ccc(CNC(=O)OC(C)(C)C)cc2)NC(=O)C(c2ccc(Cl)cc2)C2CCC2)C(=O)NC(C(=O)C(F)(F)F)C(C)C)cc1. The second-order valence-corrected chi connectivity index (χ2v) is 15.9. The summed E-state index contributed by atoms with van der Waals surface area (Å²) in [6.45, 7) is 8.13. The number of ether oxygens (including phenoxy) is 2. The third-order valence-corrected chi connectivity index (χ3v) is 9.84. The van der Waals surface area contributed by atoms with Crippen LogP contribution in [0, 0.1) is 11.8 Å². The average Bonchev–Trinajstić information content (AvgIpc) is 3.12. The van der Waals surface area contributed by atoms with Crippen LogP contribution in [0.2, 0.25) is 5.02 Å². The second kappa shape index (κ2) is 19.4. The summed E-state index contributed by atoms with van der Waals surface area (Å²) in [6.07, 6.45) is -3.33. The van der Waals surface area contributed by atoms with E-state index in [1.54, 1.807) is 69.3 Å². The Hall–Kier alpha value is -5.11. The monoisotopic (exact) mass is 814 g/mol. The van der Waals surface area contributed by atoms with Gasteiger partial charge in [-0.2, -0.15) is 13.2 Å². The number of hydrogen-bond donors (Lipinski definition) is 4. The van der Waals surface area contributed by atoms with E-state index in [0.29, 0.717) is 21.9 Å². The maximum atomic E-state index is 14.4. The van der Waals surface area contributed by atoms with Crippen LogP contribution < -0.4 is 26.0 Å². The number of ketones is 1. The lowest BCUT2D eigenvalue weighted by Crippen LogP contribution is -2.55. The third-order valence-electron chi connectivity index (χ3n) is 9.59. The number of halogens is 4. The van der Waals surface area contributed by atoms with Gasteiger partial charge in [-0.25, -0.2) is 4.79 Å². The van der Waals surface area contributed by atoms with Crippen LogP contribution >= 0.6 is 11.6 Å². The van der Waals surface area contributed by atoms with Crippen molar-refractivity contribution in [3.05, 3.63) is 100 Å². The van der Waals surface area contributed by atoms with E-state index in [1.807, 2.05) is 0 Å². The van der Waals surface area contributed by atoms with Gasteiger partial charge in [0, 0.05) is 18.0 Å². The van der Waals surface area contributed by atoms with Crippen LogP contribution in [0.15, 0.2) is 72.8 Å². The number of benzene rings is 3. The van der Waals surface area contributed by atoms with E-state index in [4.69, 9.17) is 21.1 Å². The zero-order valence-corrected chi connectivity index (χ0v) is 33.6. The molecule has 3 aromatic rings. The predicted molar refractivity (Wildman–Crippen MR) is 208 cm³/mol. The maximum Gasteiger partial charge on any atom is 0.452 e. The number of amides is 4. The molecule has 4 amide bonds. The second-order valence-electron chi connectivity index (χ2n) is 15.5. The Balaban J connectivity index is 1.66. The van der Waals surface area contributed by atoms with Crippen LogP contribution in [0.5, 0.6) is 5.75 Å². The molecule has 0 saturated heterocycles. The van der Waals surface area contributed by atoms with Gasteiger partial charge >= 0.3 is 12.3 Å². The third kappa shape index (κ3) is 13.0. The molecule has 0 spiro atoms. The molecule has 1 fully saturated rings. The zero-order chi connectivity index (χ0) is 42.1. The molecule has 1 saturated carbocycles. The summed E-state index contributed by atoms with van der Waals surface area (Å²) in [5.41, 5.74) is 1.57. The van der Waals surface area contributed by atoms with E-state index in [9.17, 15) is 37.1 Å². The average molecular weight is 815 g/mol. The molecule has 1 aliphatic carbocycles. The Morgan fingerprint density at radius 3 is 1.86 bits per heavy atom. The van der Waals surface area contributed by atoms with Crippen LogP contribution in [0.4, 0.5) is 18.0 Å². The van der Waals surface area contributed by atoms with Crippen molar-refractivity contribution in [2.24, 2.45) is 11.8 Å². The van der Waals surface area contributed by atoms with Gasteiger partial charge in [0.25, 0.3) is 5.78 Å². The number of hydrogen-bond acceptors (Lipinski definition) is 7. The highest BCUT2D eigenvalue weighted by atomic mass is 35.5. The van der Waals surface area contributed by atoms with E-state index < -0.39 is 71.3 Å². The fourth-order valence-electron chi connectivity index (χ4n) is 6.36. The van der Waals surface area contributed by atoms with Gasteiger partial charge in [0.1, 0.15) is 23.4 Å². The molecule has 11 nitrogen and oxygen atoms in total. The lowest BCUT2D eigenvalue weighted by atomic mass is 9.72. The summed E-state index contributed by atoms with van der Waals surface area (Å²) in [5.74, 6) is -5.58. The van der Waals surface area contributed by atoms with Gasteiger partial charge in [-0.3, -0.25) is 19.2 Å². The standard InChI is InChI=1S/C42H50ClF3N4O7/c1-24(2)34(36(51)42(44,45)46)49-39(54)35(29-16-20-31(56-6)21-17-29)50-37(52)32(22-25-10-12-26(13-11-25)23-47-40(55)57-41(3,4)5)48-38(53)33(27-8-7-9-27)28-14-18-30(43)19-15-28/h10-21,24,27,32-35H,7-9,22-23H2,1-6H3,(H,47,55)(H,48,53)(H,49,54)(H,50,52). The Morgan fingerprint density at radius 1 is 0.772 bits per heavy atom. The number of Topliss-reactive ketones (excluding diaryl/α,β-unsaturated/α-hetero) is 1. The van der Waals surface area contributed by atoms with Crippen LogP contribution in [0.3, 0.4) is 0 Å². The molecule has 4 rings (SSSR count). The minimum atomic E-state index is -5.22. The minimum absolute atomic E-state index is 0.00334. The van der Waals surface area contributed by atoms with Crippen LogP contribution in [0.25, 0.3) is 0 Å². The van der Waals surface area contributed by atoms with Crippen LogP contribution in [-0.4, -0.2) is 60.6 Å². The van der Waals surface area contributed by atoms with E-state index in [2.05, 4.69) is 21.3 Å². The van der Waals surface area contributed by atoms with E-state index >= 15 is 0 Å². The lowest BCUT2D eigenvalue weighted by molar-refractivity contribution is -0.175. The number of carbonyl (C=O) groups excluding carboxylic acids is 5. The first kappa shape index (κ1) is 44.6. The normalized spacial score (nSPS) is 15.3. The van der Waals surface area contributed by atoms with E-state index in [0.717, 1.165) is 24.8 Å².